The first-order valence-electron chi connectivity index (χ1n) is 5.03. The van der Waals surface area contributed by atoms with Gasteiger partial charge >= 0.3 is 0 Å². The molecule has 0 unspecified atom stereocenters. The van der Waals surface area contributed by atoms with Gasteiger partial charge in [0.1, 0.15) is 0 Å². The molecule has 0 heterocycles. The van der Waals surface area contributed by atoms with Crippen molar-refractivity contribution in [3.63, 3.8) is 0 Å². The van der Waals surface area contributed by atoms with Crippen LogP contribution in [0.5, 0.6) is 0 Å². The Morgan fingerprint density at radius 1 is 0.619 bits per heavy atom. The summed E-state index contributed by atoms with van der Waals surface area (Å²) in [4.78, 5) is 36.0. The Kier molecular flexibility index (Phi) is 64.0. The average Bonchev–Trinajstić information content (AvgIpc) is 2.13. The second kappa shape index (κ2) is 36.4. The van der Waals surface area contributed by atoms with E-state index in [-0.39, 0.29) is 37.7 Å². The number of carbonyl (C=O) groups is 4. The van der Waals surface area contributed by atoms with Crippen LogP contribution in [0, 0.1) is 0 Å². The van der Waals surface area contributed by atoms with Crippen LogP contribution in [0.1, 0.15) is 27.7 Å². The van der Waals surface area contributed by atoms with Gasteiger partial charge in [0.15, 0.2) is 0 Å². The van der Waals surface area contributed by atoms with Crippen molar-refractivity contribution in [3.05, 3.63) is 0 Å². The Morgan fingerprint density at radius 3 is 0.667 bits per heavy atom. The molecule has 8 N–H and O–H groups in total. The summed E-state index contributed by atoms with van der Waals surface area (Å²) in [6.45, 7) is 5.53. The SMILES string of the molecule is CC(=O)O.CC(=O)O.CC(=O)O.CC(=O)O.NCCN.[Ca]. The monoisotopic (exact) mass is 340 g/mol. The van der Waals surface area contributed by atoms with Crippen LogP contribution in [0.15, 0.2) is 0 Å². The van der Waals surface area contributed by atoms with Gasteiger partial charge in [0.2, 0.25) is 0 Å². The Morgan fingerprint density at radius 2 is 0.667 bits per heavy atom. The Hall–Kier alpha value is -0.940. The fraction of sp³-hybridized carbons (Fsp3) is 0.600. The number of nitrogens with two attached hydrogens (primary N) is 2. The quantitative estimate of drug-likeness (QED) is 0.317. The summed E-state index contributed by atoms with van der Waals surface area (Å²) in [6, 6.07) is 0. The smallest absolute Gasteiger partial charge is 0.300 e. The van der Waals surface area contributed by atoms with Gasteiger partial charge in [-0.1, -0.05) is 0 Å². The van der Waals surface area contributed by atoms with E-state index >= 15 is 0 Å². The number of hydrogen-bond donors (Lipinski definition) is 6. The van der Waals surface area contributed by atoms with Crippen LogP contribution in [0.25, 0.3) is 0 Å². The molecule has 10 nitrogen and oxygen atoms in total. The molecule has 0 amide bonds. The normalized spacial score (nSPS) is 6.19. The predicted octanol–water partition coefficient (Wildman–Crippen LogP) is -1.11. The maximum atomic E-state index is 9.00. The van der Waals surface area contributed by atoms with E-state index in [0.29, 0.717) is 13.1 Å². The number of carboxylic acids is 4. The molecule has 0 spiro atoms. The largest absolute Gasteiger partial charge is 0.481 e. The number of aliphatic carboxylic acids is 4. The van der Waals surface area contributed by atoms with E-state index in [0.717, 1.165) is 27.7 Å². The van der Waals surface area contributed by atoms with Crippen molar-refractivity contribution in [2.24, 2.45) is 11.5 Å². The Bertz CT molecular complexity index is 195. The molecule has 2 radical (unpaired) electrons. The van der Waals surface area contributed by atoms with Gasteiger partial charge in [0, 0.05) is 78.5 Å². The minimum absolute atomic E-state index is 0. The molecular formula is C10H24CaN2O8. The Labute approximate surface area is 153 Å². The molecule has 0 aliphatic heterocycles. The van der Waals surface area contributed by atoms with Crippen LogP contribution in [0.2, 0.25) is 0 Å². The van der Waals surface area contributed by atoms with Crippen molar-refractivity contribution in [2.45, 2.75) is 27.7 Å². The van der Waals surface area contributed by atoms with Crippen molar-refractivity contribution in [2.75, 3.05) is 13.1 Å². The van der Waals surface area contributed by atoms with E-state index < -0.39 is 23.9 Å². The van der Waals surface area contributed by atoms with Crippen LogP contribution >= 0.6 is 0 Å². The van der Waals surface area contributed by atoms with Crippen molar-refractivity contribution < 1.29 is 39.6 Å². The molecule has 21 heavy (non-hydrogen) atoms. The molecular weight excluding hydrogens is 316 g/mol. The summed E-state index contributed by atoms with van der Waals surface area (Å²) < 4.78 is 0. The van der Waals surface area contributed by atoms with Gasteiger partial charge in [-0.05, 0) is 0 Å². The number of hydrogen-bond acceptors (Lipinski definition) is 6. The summed E-state index contributed by atoms with van der Waals surface area (Å²) in [5.74, 6) is -3.33. The van der Waals surface area contributed by atoms with Gasteiger partial charge < -0.3 is 31.9 Å². The topological polar surface area (TPSA) is 201 Å². The van der Waals surface area contributed by atoms with Crippen LogP contribution in [0.3, 0.4) is 0 Å². The zero-order valence-corrected chi connectivity index (χ0v) is 14.9. The summed E-state index contributed by atoms with van der Waals surface area (Å²) in [5, 5.41) is 29.7. The van der Waals surface area contributed by atoms with E-state index in [9.17, 15) is 0 Å². The standard InChI is InChI=1S/C2H8N2.4C2H4O2.Ca/c3-1-2-4;4*1-2(3)4;/h1-4H2;4*1H3,(H,3,4);. The maximum Gasteiger partial charge on any atom is 0.300 e. The summed E-state index contributed by atoms with van der Waals surface area (Å²) in [5.41, 5.74) is 9.81. The fourth-order valence-electron chi connectivity index (χ4n) is 0. The van der Waals surface area contributed by atoms with E-state index in [1.807, 2.05) is 0 Å². The van der Waals surface area contributed by atoms with Gasteiger partial charge in [0.05, 0.1) is 0 Å². The minimum Gasteiger partial charge on any atom is -0.481 e. The maximum absolute atomic E-state index is 9.00. The molecule has 0 aliphatic carbocycles. The zero-order valence-electron chi connectivity index (χ0n) is 12.7. The molecule has 0 atom stereocenters. The molecule has 0 aromatic carbocycles. The van der Waals surface area contributed by atoms with Crippen LogP contribution < -0.4 is 11.5 Å². The van der Waals surface area contributed by atoms with Gasteiger partial charge in [-0.2, -0.15) is 0 Å². The van der Waals surface area contributed by atoms with Gasteiger partial charge in [-0.25, -0.2) is 0 Å². The summed E-state index contributed by atoms with van der Waals surface area (Å²) in [6.07, 6.45) is 0. The van der Waals surface area contributed by atoms with Gasteiger partial charge in [-0.3, -0.25) is 19.2 Å². The molecule has 0 saturated heterocycles. The van der Waals surface area contributed by atoms with Crippen molar-refractivity contribution in [1.29, 1.82) is 0 Å². The molecule has 0 bridgehead atoms. The molecule has 0 fully saturated rings. The average molecular weight is 340 g/mol. The third-order valence-corrected chi connectivity index (χ3v) is 0.167. The fourth-order valence-corrected chi connectivity index (χ4v) is 0. The molecule has 124 valence electrons. The predicted molar refractivity (Wildman–Crippen MR) is 77.1 cm³/mol. The van der Waals surface area contributed by atoms with Crippen LogP contribution in [0.4, 0.5) is 0 Å². The molecule has 0 aromatic rings. The summed E-state index contributed by atoms with van der Waals surface area (Å²) >= 11 is 0. The van der Waals surface area contributed by atoms with Gasteiger partial charge in [0.25, 0.3) is 23.9 Å². The number of carboxylic acid groups (broad SMARTS) is 4. The third kappa shape index (κ3) is 1550000. The van der Waals surface area contributed by atoms with Gasteiger partial charge in [-0.15, -0.1) is 0 Å². The molecule has 0 saturated carbocycles. The number of rotatable bonds is 1. The van der Waals surface area contributed by atoms with Crippen molar-refractivity contribution in [3.8, 4) is 0 Å². The van der Waals surface area contributed by atoms with Crippen LogP contribution in [-0.2, 0) is 19.2 Å². The Balaban J connectivity index is -0.0000000331. The molecule has 0 rings (SSSR count). The molecule has 0 aliphatic rings. The van der Waals surface area contributed by atoms with E-state index in [1.54, 1.807) is 0 Å². The second-order valence-corrected chi connectivity index (χ2v) is 2.65. The first-order valence-corrected chi connectivity index (χ1v) is 5.03. The third-order valence-electron chi connectivity index (χ3n) is 0.167. The van der Waals surface area contributed by atoms with E-state index in [4.69, 9.17) is 51.1 Å². The molecule has 11 heteroatoms. The van der Waals surface area contributed by atoms with E-state index in [1.165, 1.54) is 0 Å². The summed E-state index contributed by atoms with van der Waals surface area (Å²) in [7, 11) is 0. The zero-order chi connectivity index (χ0) is 17.7. The van der Waals surface area contributed by atoms with Crippen molar-refractivity contribution in [1.82, 2.24) is 0 Å². The first kappa shape index (κ1) is 36.9. The minimum atomic E-state index is -0.833. The first-order chi connectivity index (χ1) is 8.84. The van der Waals surface area contributed by atoms with Crippen LogP contribution in [-0.4, -0.2) is 95.1 Å². The van der Waals surface area contributed by atoms with Crippen molar-refractivity contribution >= 4 is 61.6 Å². The second-order valence-electron chi connectivity index (χ2n) is 2.65. The molecule has 0 aromatic heterocycles. The van der Waals surface area contributed by atoms with E-state index in [2.05, 4.69) is 0 Å².